The molecule has 0 amide bonds. The van der Waals surface area contributed by atoms with Crippen LogP contribution in [0, 0.1) is 0 Å². The van der Waals surface area contributed by atoms with Crippen molar-refractivity contribution in [3.05, 3.63) is 53.6 Å². The van der Waals surface area contributed by atoms with Gasteiger partial charge in [-0.3, -0.25) is 0 Å². The van der Waals surface area contributed by atoms with Gasteiger partial charge in [-0.25, -0.2) is 17.9 Å². The summed E-state index contributed by atoms with van der Waals surface area (Å²) in [6, 6.07) is 11.6. The molecular weight excluding hydrogens is 290 g/mol. The first-order chi connectivity index (χ1) is 9.99. The van der Waals surface area contributed by atoms with Crippen LogP contribution < -0.4 is 4.72 Å². The van der Waals surface area contributed by atoms with Crippen molar-refractivity contribution in [1.29, 1.82) is 0 Å². The maximum absolute atomic E-state index is 12.0. The van der Waals surface area contributed by atoms with Crippen LogP contribution in [-0.2, 0) is 16.4 Å². The molecule has 2 aromatic carbocycles. The summed E-state index contributed by atoms with van der Waals surface area (Å²) in [6.45, 7) is 0.389. The van der Waals surface area contributed by atoms with Gasteiger partial charge in [-0.2, -0.15) is 0 Å². The van der Waals surface area contributed by atoms with E-state index in [-0.39, 0.29) is 10.5 Å². The number of nitrogens with one attached hydrogen (secondary N) is 1. The molecule has 0 bridgehead atoms. The highest BCUT2D eigenvalue weighted by Crippen LogP contribution is 2.29. The summed E-state index contributed by atoms with van der Waals surface area (Å²) >= 11 is 0. The molecule has 1 aliphatic rings. The smallest absolute Gasteiger partial charge is 0.336 e. The van der Waals surface area contributed by atoms with E-state index in [2.05, 4.69) is 4.72 Å². The summed E-state index contributed by atoms with van der Waals surface area (Å²) in [4.78, 5) is 11.5. The van der Waals surface area contributed by atoms with E-state index in [1.54, 1.807) is 36.4 Å². The highest BCUT2D eigenvalue weighted by Gasteiger charge is 2.24. The largest absolute Gasteiger partial charge is 0.478 e. The molecule has 6 heteroatoms. The Bertz CT molecular complexity index is 827. The minimum atomic E-state index is -3.50. The van der Waals surface area contributed by atoms with E-state index in [9.17, 15) is 18.3 Å². The van der Waals surface area contributed by atoms with Gasteiger partial charge in [0, 0.05) is 6.54 Å². The fourth-order valence-electron chi connectivity index (χ4n) is 2.50. The second-order valence-electron chi connectivity index (χ2n) is 4.82. The van der Waals surface area contributed by atoms with Gasteiger partial charge in [0.2, 0.25) is 10.0 Å². The molecule has 0 unspecified atom stereocenters. The summed E-state index contributed by atoms with van der Waals surface area (Å²) in [5.74, 6) is -1.04. The van der Waals surface area contributed by atoms with Crippen molar-refractivity contribution in [2.24, 2.45) is 0 Å². The molecule has 0 spiro atoms. The van der Waals surface area contributed by atoms with Gasteiger partial charge in [0.05, 0.1) is 10.5 Å². The third-order valence-electron chi connectivity index (χ3n) is 3.51. The molecule has 1 aliphatic heterocycles. The van der Waals surface area contributed by atoms with Crippen LogP contribution in [0.5, 0.6) is 0 Å². The standard InChI is InChI=1S/C15H13NO4S/c17-15(18)13-4-2-1-3-12(13)11-6-5-10-7-8-16-21(19,20)14(10)9-11/h1-6,9,16H,7-8H2,(H,17,18). The molecule has 0 aliphatic carbocycles. The van der Waals surface area contributed by atoms with E-state index in [4.69, 9.17) is 0 Å². The summed E-state index contributed by atoms with van der Waals surface area (Å²) in [5.41, 5.74) is 2.00. The normalized spacial score (nSPS) is 16.2. The Morgan fingerprint density at radius 3 is 2.67 bits per heavy atom. The molecule has 1 heterocycles. The van der Waals surface area contributed by atoms with Gasteiger partial charge in [-0.15, -0.1) is 0 Å². The number of carboxylic acid groups (broad SMARTS) is 1. The zero-order chi connectivity index (χ0) is 15.0. The van der Waals surface area contributed by atoms with E-state index in [0.29, 0.717) is 24.1 Å². The maximum Gasteiger partial charge on any atom is 0.336 e. The fourth-order valence-corrected chi connectivity index (χ4v) is 3.82. The van der Waals surface area contributed by atoms with Crippen molar-refractivity contribution >= 4 is 16.0 Å². The number of carbonyl (C=O) groups is 1. The molecule has 3 rings (SSSR count). The van der Waals surface area contributed by atoms with Crippen molar-refractivity contribution in [2.45, 2.75) is 11.3 Å². The van der Waals surface area contributed by atoms with Crippen molar-refractivity contribution in [2.75, 3.05) is 6.54 Å². The summed E-state index contributed by atoms with van der Waals surface area (Å²) in [6.07, 6.45) is 0.634. The number of benzene rings is 2. The Hall–Kier alpha value is -2.18. The molecule has 0 saturated carbocycles. The Kier molecular flexibility index (Phi) is 3.27. The summed E-state index contributed by atoms with van der Waals surface area (Å²) < 4.78 is 26.6. The number of fused-ring (bicyclic) bond motifs is 1. The average molecular weight is 303 g/mol. The average Bonchev–Trinajstić information content (AvgIpc) is 2.47. The summed E-state index contributed by atoms with van der Waals surface area (Å²) in [7, 11) is -3.50. The lowest BCUT2D eigenvalue weighted by molar-refractivity contribution is 0.0697. The SMILES string of the molecule is O=C(O)c1ccccc1-c1ccc2c(c1)S(=O)(=O)NCC2. The number of hydrogen-bond donors (Lipinski definition) is 2. The van der Waals surface area contributed by atoms with E-state index >= 15 is 0 Å². The van der Waals surface area contributed by atoms with Crippen LogP contribution in [-0.4, -0.2) is 26.0 Å². The third kappa shape index (κ3) is 2.43. The van der Waals surface area contributed by atoms with Crippen LogP contribution in [0.25, 0.3) is 11.1 Å². The Morgan fingerprint density at radius 1 is 1.14 bits per heavy atom. The van der Waals surface area contributed by atoms with Gasteiger partial charge < -0.3 is 5.11 Å². The van der Waals surface area contributed by atoms with Crippen molar-refractivity contribution < 1.29 is 18.3 Å². The first-order valence-corrected chi connectivity index (χ1v) is 7.92. The van der Waals surface area contributed by atoms with E-state index in [1.807, 2.05) is 0 Å². The number of aromatic carboxylic acids is 1. The van der Waals surface area contributed by atoms with Gasteiger partial charge in [-0.05, 0) is 35.2 Å². The molecule has 5 nitrogen and oxygen atoms in total. The lowest BCUT2D eigenvalue weighted by Crippen LogP contribution is -2.31. The van der Waals surface area contributed by atoms with Crippen molar-refractivity contribution in [3.63, 3.8) is 0 Å². The van der Waals surface area contributed by atoms with Crippen LogP contribution in [0.1, 0.15) is 15.9 Å². The van der Waals surface area contributed by atoms with Crippen LogP contribution in [0.4, 0.5) is 0 Å². The predicted octanol–water partition coefficient (Wildman–Crippen LogP) is 1.89. The fraction of sp³-hybridized carbons (Fsp3) is 0.133. The van der Waals surface area contributed by atoms with Crippen LogP contribution in [0.2, 0.25) is 0 Å². The lowest BCUT2D eigenvalue weighted by Gasteiger charge is -2.18. The maximum atomic E-state index is 12.0. The Labute approximate surface area is 122 Å². The van der Waals surface area contributed by atoms with Gasteiger partial charge >= 0.3 is 5.97 Å². The van der Waals surface area contributed by atoms with Gasteiger partial charge in [0.25, 0.3) is 0 Å². The lowest BCUT2D eigenvalue weighted by atomic mass is 9.98. The summed E-state index contributed by atoms with van der Waals surface area (Å²) in [5, 5.41) is 9.24. The molecule has 0 fully saturated rings. The van der Waals surface area contributed by atoms with Gasteiger partial charge in [-0.1, -0.05) is 30.3 Å². The quantitative estimate of drug-likeness (QED) is 0.887. The predicted molar refractivity (Wildman–Crippen MR) is 77.7 cm³/mol. The Balaban J connectivity index is 2.20. The number of rotatable bonds is 2. The number of hydrogen-bond acceptors (Lipinski definition) is 3. The molecule has 0 atom stereocenters. The minimum absolute atomic E-state index is 0.151. The molecule has 2 aromatic rings. The topological polar surface area (TPSA) is 83.5 Å². The molecule has 21 heavy (non-hydrogen) atoms. The third-order valence-corrected chi connectivity index (χ3v) is 5.05. The molecule has 0 radical (unpaired) electrons. The van der Waals surface area contributed by atoms with Crippen molar-refractivity contribution in [3.8, 4) is 11.1 Å². The van der Waals surface area contributed by atoms with Gasteiger partial charge in [0.1, 0.15) is 0 Å². The van der Waals surface area contributed by atoms with Crippen LogP contribution in [0.15, 0.2) is 47.4 Å². The number of sulfonamides is 1. The monoisotopic (exact) mass is 303 g/mol. The second-order valence-corrected chi connectivity index (χ2v) is 6.56. The van der Waals surface area contributed by atoms with Crippen molar-refractivity contribution in [1.82, 2.24) is 4.72 Å². The van der Waals surface area contributed by atoms with E-state index in [0.717, 1.165) is 5.56 Å². The van der Waals surface area contributed by atoms with Crippen LogP contribution >= 0.6 is 0 Å². The van der Waals surface area contributed by atoms with Gasteiger partial charge in [0.15, 0.2) is 0 Å². The first kappa shape index (κ1) is 13.8. The van der Waals surface area contributed by atoms with Crippen LogP contribution in [0.3, 0.4) is 0 Å². The first-order valence-electron chi connectivity index (χ1n) is 6.44. The second kappa shape index (κ2) is 4.98. The molecular formula is C15H13NO4S. The minimum Gasteiger partial charge on any atom is -0.478 e. The molecule has 0 saturated heterocycles. The molecule has 0 aromatic heterocycles. The Morgan fingerprint density at radius 2 is 1.90 bits per heavy atom. The highest BCUT2D eigenvalue weighted by molar-refractivity contribution is 7.89. The van der Waals surface area contributed by atoms with E-state index < -0.39 is 16.0 Å². The zero-order valence-electron chi connectivity index (χ0n) is 11.0. The molecule has 108 valence electrons. The zero-order valence-corrected chi connectivity index (χ0v) is 11.9. The highest BCUT2D eigenvalue weighted by atomic mass is 32.2. The number of carboxylic acids is 1. The molecule has 2 N–H and O–H groups in total. The van der Waals surface area contributed by atoms with E-state index in [1.165, 1.54) is 6.07 Å².